The number of anilines is 2. The van der Waals surface area contributed by atoms with E-state index >= 15 is 0 Å². The third kappa shape index (κ3) is 8.81. The molecular weight excluding hydrogens is 711 g/mol. The monoisotopic (exact) mass is 752 g/mol. The van der Waals surface area contributed by atoms with Crippen LogP contribution in [0.15, 0.2) is 110 Å². The fraction of sp³-hybridized carbons (Fsp3) is 0.238. The molecule has 6 heterocycles. The average molecular weight is 753 g/mol. The summed E-state index contributed by atoms with van der Waals surface area (Å²) in [4.78, 5) is 36.0. The van der Waals surface area contributed by atoms with E-state index in [-0.39, 0.29) is 22.5 Å². The third-order valence-electron chi connectivity index (χ3n) is 8.39. The number of hydrogen-bond acceptors (Lipinski definition) is 10. The van der Waals surface area contributed by atoms with Crippen molar-refractivity contribution in [1.29, 1.82) is 0 Å². The van der Waals surface area contributed by atoms with E-state index < -0.39 is 0 Å². The minimum Gasteiger partial charge on any atom is -0.354 e. The zero-order chi connectivity index (χ0) is 39.5. The molecule has 12 nitrogen and oxygen atoms in total. The van der Waals surface area contributed by atoms with Crippen molar-refractivity contribution in [2.45, 2.75) is 41.5 Å². The number of aromatic nitrogens is 10. The zero-order valence-electron chi connectivity index (χ0n) is 32.0. The van der Waals surface area contributed by atoms with Crippen LogP contribution in [0, 0.1) is 22.5 Å². The summed E-state index contributed by atoms with van der Waals surface area (Å²) < 4.78 is 30.6. The highest BCUT2D eigenvalue weighted by molar-refractivity contribution is 5.81. The van der Waals surface area contributed by atoms with Gasteiger partial charge < -0.3 is 10.6 Å². The first-order valence-corrected chi connectivity index (χ1v) is 18.1. The molecule has 0 unspecified atom stereocenters. The van der Waals surface area contributed by atoms with Gasteiger partial charge in [0.2, 0.25) is 23.5 Å². The summed E-state index contributed by atoms with van der Waals surface area (Å²) in [6.45, 7) is 14.4. The van der Waals surface area contributed by atoms with E-state index in [9.17, 15) is 8.78 Å². The first-order valence-electron chi connectivity index (χ1n) is 18.1. The predicted octanol–water partition coefficient (Wildman–Crippen LogP) is 8.90. The standard InChI is InChI=1S/2C21H21FN6/c1-21(2,3)13-25-19-23-11-9-16(26-19)17-18(14-5-7-15(22)8-6-14)28-12-4-10-24-20(28)27-17;1-21(2,3)13-25-19-23-11-9-16(26-19)18-17(14-5-7-15(22)8-6-14)27-20-24-10-4-12-28(18)20/h2*4-12H,13H2,1-3H3,(H,23,25,26). The van der Waals surface area contributed by atoms with Crippen molar-refractivity contribution in [2.75, 3.05) is 23.7 Å². The van der Waals surface area contributed by atoms with Gasteiger partial charge in [0.15, 0.2) is 0 Å². The zero-order valence-corrected chi connectivity index (χ0v) is 32.0. The average Bonchev–Trinajstić information content (AvgIpc) is 3.77. The molecule has 0 radical (unpaired) electrons. The summed E-state index contributed by atoms with van der Waals surface area (Å²) in [7, 11) is 0. The smallest absolute Gasteiger partial charge is 0.234 e. The van der Waals surface area contributed by atoms with Crippen LogP contribution in [0.3, 0.4) is 0 Å². The van der Waals surface area contributed by atoms with Gasteiger partial charge in [0.05, 0.1) is 17.1 Å². The Kier molecular flexibility index (Phi) is 10.5. The molecular formula is C42H42F2N12. The maximum atomic E-state index is 13.4. The summed E-state index contributed by atoms with van der Waals surface area (Å²) in [5, 5.41) is 6.56. The first-order chi connectivity index (χ1) is 26.8. The molecule has 56 heavy (non-hydrogen) atoms. The van der Waals surface area contributed by atoms with E-state index in [0.717, 1.165) is 35.6 Å². The molecule has 0 amide bonds. The number of benzene rings is 2. The molecule has 8 aromatic rings. The topological polar surface area (TPSA) is 136 Å². The second kappa shape index (κ2) is 15.6. The molecule has 0 aliphatic rings. The van der Waals surface area contributed by atoms with E-state index in [0.29, 0.717) is 46.2 Å². The van der Waals surface area contributed by atoms with E-state index in [1.165, 1.54) is 24.3 Å². The van der Waals surface area contributed by atoms with Gasteiger partial charge in [-0.3, -0.25) is 8.80 Å². The fourth-order valence-electron chi connectivity index (χ4n) is 5.73. The number of fused-ring (bicyclic) bond motifs is 2. The van der Waals surface area contributed by atoms with Crippen LogP contribution in [0.4, 0.5) is 20.7 Å². The Morgan fingerprint density at radius 2 is 0.964 bits per heavy atom. The molecule has 0 saturated carbocycles. The lowest BCUT2D eigenvalue weighted by atomic mass is 9.97. The van der Waals surface area contributed by atoms with Crippen LogP contribution >= 0.6 is 0 Å². The number of imidazole rings is 2. The van der Waals surface area contributed by atoms with Crippen LogP contribution in [0.2, 0.25) is 0 Å². The Morgan fingerprint density at radius 1 is 0.500 bits per heavy atom. The minimum atomic E-state index is -0.289. The lowest BCUT2D eigenvalue weighted by molar-refractivity contribution is 0.441. The molecule has 8 rings (SSSR count). The van der Waals surface area contributed by atoms with Crippen LogP contribution in [0.1, 0.15) is 41.5 Å². The maximum Gasteiger partial charge on any atom is 0.234 e. The Bertz CT molecular complexity index is 2580. The third-order valence-corrected chi connectivity index (χ3v) is 8.39. The molecule has 0 bridgehead atoms. The molecule has 0 saturated heterocycles. The van der Waals surface area contributed by atoms with E-state index in [1.807, 2.05) is 45.5 Å². The van der Waals surface area contributed by atoms with Gasteiger partial charge in [0, 0.05) is 61.4 Å². The van der Waals surface area contributed by atoms with E-state index in [4.69, 9.17) is 0 Å². The van der Waals surface area contributed by atoms with Crippen molar-refractivity contribution >= 4 is 23.5 Å². The molecule has 284 valence electrons. The fourth-order valence-corrected chi connectivity index (χ4v) is 5.73. The van der Waals surface area contributed by atoms with E-state index in [2.05, 4.69) is 92.0 Å². The van der Waals surface area contributed by atoms with Crippen molar-refractivity contribution in [2.24, 2.45) is 10.8 Å². The Balaban J connectivity index is 0.000000172. The van der Waals surface area contributed by atoms with Crippen LogP contribution in [0.5, 0.6) is 0 Å². The van der Waals surface area contributed by atoms with Crippen LogP contribution < -0.4 is 10.6 Å². The highest BCUT2D eigenvalue weighted by Crippen LogP contribution is 2.33. The molecule has 6 aromatic heterocycles. The maximum absolute atomic E-state index is 13.4. The van der Waals surface area contributed by atoms with Crippen molar-refractivity contribution in [1.82, 2.24) is 48.7 Å². The van der Waals surface area contributed by atoms with Gasteiger partial charge >= 0.3 is 0 Å². The molecule has 0 fully saturated rings. The molecule has 0 aliphatic heterocycles. The first kappa shape index (κ1) is 37.6. The summed E-state index contributed by atoms with van der Waals surface area (Å²) in [6.07, 6.45) is 10.6. The number of nitrogens with one attached hydrogen (secondary N) is 2. The SMILES string of the molecule is CC(C)(C)CNc1nccc(-c2c(-c3ccc(F)cc3)nc3ncccn23)n1.CC(C)(C)CNc1nccc(-c2nc3ncccn3c2-c2ccc(F)cc2)n1. The van der Waals surface area contributed by atoms with Crippen LogP contribution in [-0.2, 0) is 0 Å². The van der Waals surface area contributed by atoms with Crippen LogP contribution in [0.25, 0.3) is 56.8 Å². The van der Waals surface area contributed by atoms with Crippen molar-refractivity contribution in [3.05, 3.63) is 122 Å². The Labute approximate surface area is 323 Å². The molecule has 14 heteroatoms. The van der Waals surface area contributed by atoms with Crippen LogP contribution in [-0.4, -0.2) is 61.8 Å². The van der Waals surface area contributed by atoms with Gasteiger partial charge in [0.1, 0.15) is 28.7 Å². The predicted molar refractivity (Wildman–Crippen MR) is 215 cm³/mol. The van der Waals surface area contributed by atoms with Gasteiger partial charge in [0.25, 0.3) is 0 Å². The largest absolute Gasteiger partial charge is 0.354 e. The minimum absolute atomic E-state index is 0.103. The highest BCUT2D eigenvalue weighted by Gasteiger charge is 2.20. The molecule has 2 N–H and O–H groups in total. The molecule has 0 aliphatic carbocycles. The summed E-state index contributed by atoms with van der Waals surface area (Å²) in [5.74, 6) is 1.63. The summed E-state index contributed by atoms with van der Waals surface area (Å²) in [5.41, 5.74) is 6.19. The number of halogens is 2. The van der Waals surface area contributed by atoms with Gasteiger partial charge in [-0.2, -0.15) is 0 Å². The summed E-state index contributed by atoms with van der Waals surface area (Å²) in [6, 6.07) is 19.9. The lowest BCUT2D eigenvalue weighted by Crippen LogP contribution is -2.20. The van der Waals surface area contributed by atoms with E-state index in [1.54, 1.807) is 49.1 Å². The van der Waals surface area contributed by atoms with Crippen molar-refractivity contribution in [3.8, 4) is 45.3 Å². The normalized spacial score (nSPS) is 11.7. The van der Waals surface area contributed by atoms with Crippen molar-refractivity contribution in [3.63, 3.8) is 0 Å². The number of nitrogens with zero attached hydrogens (tertiary/aromatic N) is 10. The van der Waals surface area contributed by atoms with Gasteiger partial charge in [-0.1, -0.05) is 41.5 Å². The number of rotatable bonds is 8. The summed E-state index contributed by atoms with van der Waals surface area (Å²) >= 11 is 0. The Morgan fingerprint density at radius 3 is 1.50 bits per heavy atom. The molecule has 0 spiro atoms. The Hall–Kier alpha value is -6.70. The lowest BCUT2D eigenvalue weighted by Gasteiger charge is -2.18. The molecule has 2 aromatic carbocycles. The second-order valence-electron chi connectivity index (χ2n) is 15.6. The highest BCUT2D eigenvalue weighted by atomic mass is 19.1. The van der Waals surface area contributed by atoms with Gasteiger partial charge in [-0.25, -0.2) is 48.7 Å². The quantitative estimate of drug-likeness (QED) is 0.155. The van der Waals surface area contributed by atoms with Gasteiger partial charge in [-0.05, 0) is 83.6 Å². The van der Waals surface area contributed by atoms with Gasteiger partial charge in [-0.15, -0.1) is 0 Å². The van der Waals surface area contributed by atoms with Crippen molar-refractivity contribution < 1.29 is 8.78 Å². The second-order valence-corrected chi connectivity index (χ2v) is 15.6. The number of hydrogen-bond donors (Lipinski definition) is 2. The molecule has 0 atom stereocenters.